The smallest absolute Gasteiger partial charge is 0.222 e. The Bertz CT molecular complexity index is 646. The van der Waals surface area contributed by atoms with E-state index >= 15 is 0 Å². The fourth-order valence-electron chi connectivity index (χ4n) is 2.47. The van der Waals surface area contributed by atoms with Crippen molar-refractivity contribution in [2.75, 3.05) is 18.0 Å². The highest BCUT2D eigenvalue weighted by Crippen LogP contribution is 2.28. The lowest BCUT2D eigenvalue weighted by molar-refractivity contribution is -0.121. The van der Waals surface area contributed by atoms with Crippen LogP contribution in [0, 0.1) is 11.7 Å². The van der Waals surface area contributed by atoms with Gasteiger partial charge in [-0.15, -0.1) is 0 Å². The van der Waals surface area contributed by atoms with E-state index < -0.39 is 0 Å². The van der Waals surface area contributed by atoms with Crippen molar-refractivity contribution in [1.29, 1.82) is 0 Å². The van der Waals surface area contributed by atoms with Crippen LogP contribution in [0.2, 0.25) is 0 Å². The lowest BCUT2D eigenvalue weighted by Crippen LogP contribution is -2.27. The molecule has 1 aromatic carbocycles. The van der Waals surface area contributed by atoms with E-state index in [2.05, 4.69) is 9.97 Å². The van der Waals surface area contributed by atoms with Crippen LogP contribution in [0.3, 0.4) is 0 Å². The zero-order chi connectivity index (χ0) is 13.4. The Balaban J connectivity index is 2.02. The number of hydrogen-bond donors (Lipinski definition) is 1. The van der Waals surface area contributed by atoms with Crippen LogP contribution in [0.1, 0.15) is 6.42 Å². The summed E-state index contributed by atoms with van der Waals surface area (Å²) in [6, 6.07) is 4.78. The van der Waals surface area contributed by atoms with E-state index in [4.69, 9.17) is 5.73 Å². The van der Waals surface area contributed by atoms with Gasteiger partial charge in [-0.25, -0.2) is 14.4 Å². The second kappa shape index (κ2) is 4.46. The number of hydrogen-bond acceptors (Lipinski definition) is 4. The number of nitrogens with two attached hydrogens (primary N) is 1. The number of nitrogens with zero attached hydrogens (tertiary/aromatic N) is 3. The fraction of sp³-hybridized carbons (Fsp3) is 0.308. The van der Waals surface area contributed by atoms with Gasteiger partial charge in [-0.2, -0.15) is 0 Å². The van der Waals surface area contributed by atoms with Crippen molar-refractivity contribution in [3.63, 3.8) is 0 Å². The van der Waals surface area contributed by atoms with Crippen LogP contribution in [0.4, 0.5) is 10.2 Å². The first-order chi connectivity index (χ1) is 9.16. The van der Waals surface area contributed by atoms with E-state index in [1.807, 2.05) is 4.90 Å². The summed E-state index contributed by atoms with van der Waals surface area (Å²) in [5, 5.41) is 0.660. The van der Waals surface area contributed by atoms with Gasteiger partial charge in [0, 0.05) is 18.5 Å². The lowest BCUT2D eigenvalue weighted by Gasteiger charge is -2.18. The van der Waals surface area contributed by atoms with Crippen molar-refractivity contribution in [1.82, 2.24) is 9.97 Å². The fourth-order valence-corrected chi connectivity index (χ4v) is 2.47. The Morgan fingerprint density at radius 1 is 1.42 bits per heavy atom. The average Bonchev–Trinajstić information content (AvgIpc) is 2.88. The number of halogens is 1. The number of para-hydroxylation sites is 1. The predicted molar refractivity (Wildman–Crippen MR) is 69.0 cm³/mol. The van der Waals surface area contributed by atoms with Gasteiger partial charge in [0.1, 0.15) is 23.5 Å². The first-order valence-electron chi connectivity index (χ1n) is 6.10. The average molecular weight is 260 g/mol. The number of primary amides is 1. The second-order valence-electron chi connectivity index (χ2n) is 4.67. The Morgan fingerprint density at radius 3 is 3.00 bits per heavy atom. The topological polar surface area (TPSA) is 72.1 Å². The van der Waals surface area contributed by atoms with Crippen molar-refractivity contribution in [2.24, 2.45) is 11.7 Å². The minimum absolute atomic E-state index is 0.168. The summed E-state index contributed by atoms with van der Waals surface area (Å²) >= 11 is 0. The minimum atomic E-state index is -0.369. The van der Waals surface area contributed by atoms with Gasteiger partial charge in [0.25, 0.3) is 0 Å². The molecule has 1 amide bonds. The van der Waals surface area contributed by atoms with E-state index in [0.717, 1.165) is 0 Å². The third-order valence-electron chi connectivity index (χ3n) is 3.48. The molecule has 0 radical (unpaired) electrons. The Morgan fingerprint density at radius 2 is 2.26 bits per heavy atom. The van der Waals surface area contributed by atoms with Crippen LogP contribution in [0.5, 0.6) is 0 Å². The molecule has 6 heteroatoms. The molecule has 0 spiro atoms. The highest BCUT2D eigenvalue weighted by atomic mass is 19.1. The molecule has 1 aliphatic heterocycles. The maximum Gasteiger partial charge on any atom is 0.222 e. The van der Waals surface area contributed by atoms with E-state index in [0.29, 0.717) is 36.2 Å². The van der Waals surface area contributed by atoms with Gasteiger partial charge in [-0.1, -0.05) is 6.07 Å². The molecule has 1 fully saturated rings. The number of fused-ring (bicyclic) bond motifs is 1. The molecule has 1 aliphatic rings. The Kier molecular flexibility index (Phi) is 2.77. The maximum absolute atomic E-state index is 13.7. The zero-order valence-corrected chi connectivity index (χ0v) is 10.2. The van der Waals surface area contributed by atoms with Gasteiger partial charge in [0.2, 0.25) is 5.91 Å². The summed E-state index contributed by atoms with van der Waals surface area (Å²) in [5.74, 6) is -0.175. The first kappa shape index (κ1) is 11.8. The standard InChI is InChI=1S/C13H13FN4O/c14-10-3-1-2-9-11(10)16-7-17-13(9)18-5-4-8(6-18)12(15)19/h1-3,7-8H,4-6H2,(H2,15,19). The molecule has 1 saturated heterocycles. The molecule has 2 heterocycles. The Hall–Kier alpha value is -2.24. The van der Waals surface area contributed by atoms with Crippen molar-refractivity contribution in [3.05, 3.63) is 30.3 Å². The maximum atomic E-state index is 13.7. The summed E-state index contributed by atoms with van der Waals surface area (Å²) in [5.41, 5.74) is 5.62. The van der Waals surface area contributed by atoms with Crippen molar-refractivity contribution in [2.45, 2.75) is 6.42 Å². The number of anilines is 1. The van der Waals surface area contributed by atoms with E-state index in [1.54, 1.807) is 12.1 Å². The summed E-state index contributed by atoms with van der Waals surface area (Å²) in [6.07, 6.45) is 2.05. The molecule has 98 valence electrons. The molecule has 2 aromatic rings. The molecule has 0 aliphatic carbocycles. The number of carbonyl (C=O) groups excluding carboxylic acids is 1. The highest BCUT2D eigenvalue weighted by molar-refractivity contribution is 5.90. The summed E-state index contributed by atoms with van der Waals surface area (Å²) in [6.45, 7) is 1.22. The number of amides is 1. The first-order valence-corrected chi connectivity index (χ1v) is 6.10. The number of aromatic nitrogens is 2. The van der Waals surface area contributed by atoms with E-state index in [9.17, 15) is 9.18 Å². The predicted octanol–water partition coefficient (Wildman–Crippen LogP) is 1.08. The molecule has 1 atom stereocenters. The molecule has 2 N–H and O–H groups in total. The number of carbonyl (C=O) groups is 1. The SMILES string of the molecule is NC(=O)C1CCN(c2ncnc3c(F)cccc23)C1. The molecule has 0 saturated carbocycles. The lowest BCUT2D eigenvalue weighted by atomic mass is 10.1. The third-order valence-corrected chi connectivity index (χ3v) is 3.48. The van der Waals surface area contributed by atoms with Gasteiger partial charge < -0.3 is 10.6 Å². The molecule has 19 heavy (non-hydrogen) atoms. The van der Waals surface area contributed by atoms with Gasteiger partial charge in [-0.3, -0.25) is 4.79 Å². The largest absolute Gasteiger partial charge is 0.369 e. The quantitative estimate of drug-likeness (QED) is 0.877. The van der Waals surface area contributed by atoms with Crippen molar-refractivity contribution < 1.29 is 9.18 Å². The van der Waals surface area contributed by atoms with Gasteiger partial charge in [0.05, 0.1) is 5.92 Å². The number of benzene rings is 1. The van der Waals surface area contributed by atoms with E-state index in [1.165, 1.54) is 12.4 Å². The zero-order valence-electron chi connectivity index (χ0n) is 10.2. The van der Waals surface area contributed by atoms with Crippen LogP contribution in [0.25, 0.3) is 10.9 Å². The molecule has 1 aromatic heterocycles. The van der Waals surface area contributed by atoms with Crippen LogP contribution in [-0.2, 0) is 4.79 Å². The summed E-state index contributed by atoms with van der Waals surface area (Å²) < 4.78 is 13.7. The molecule has 0 bridgehead atoms. The van der Waals surface area contributed by atoms with Gasteiger partial charge in [-0.05, 0) is 18.6 Å². The molecule has 1 unspecified atom stereocenters. The molecular formula is C13H13FN4O. The summed E-state index contributed by atoms with van der Waals surface area (Å²) in [7, 11) is 0. The molecular weight excluding hydrogens is 247 g/mol. The minimum Gasteiger partial charge on any atom is -0.369 e. The van der Waals surface area contributed by atoms with Crippen molar-refractivity contribution in [3.8, 4) is 0 Å². The van der Waals surface area contributed by atoms with Crippen LogP contribution in [0.15, 0.2) is 24.5 Å². The molecule has 5 nitrogen and oxygen atoms in total. The Labute approximate surface area is 109 Å². The number of rotatable bonds is 2. The van der Waals surface area contributed by atoms with Crippen LogP contribution in [-0.4, -0.2) is 29.0 Å². The highest BCUT2D eigenvalue weighted by Gasteiger charge is 2.28. The van der Waals surface area contributed by atoms with Crippen LogP contribution >= 0.6 is 0 Å². The van der Waals surface area contributed by atoms with Crippen LogP contribution < -0.4 is 10.6 Å². The second-order valence-corrected chi connectivity index (χ2v) is 4.67. The monoisotopic (exact) mass is 260 g/mol. The van der Waals surface area contributed by atoms with Gasteiger partial charge >= 0.3 is 0 Å². The third kappa shape index (κ3) is 1.99. The normalized spacial score (nSPS) is 19.0. The molecule has 3 rings (SSSR count). The van der Waals surface area contributed by atoms with Crippen molar-refractivity contribution >= 4 is 22.6 Å². The van der Waals surface area contributed by atoms with Gasteiger partial charge in [0.15, 0.2) is 0 Å². The summed E-state index contributed by atoms with van der Waals surface area (Å²) in [4.78, 5) is 21.3. The van der Waals surface area contributed by atoms with E-state index in [-0.39, 0.29) is 17.6 Å².